The Balaban J connectivity index is 1.08. The number of nitrogens with zero attached hydrogens (tertiary/aromatic N) is 5. The topological polar surface area (TPSA) is 114 Å². The lowest BCUT2D eigenvalue weighted by atomic mass is 9.83. The second-order valence-electron chi connectivity index (χ2n) is 13.9. The molecule has 4 heterocycles. The third-order valence-electron chi connectivity index (χ3n) is 10.4. The molecule has 3 aliphatic rings. The Kier molecular flexibility index (Phi) is 10.3. The van der Waals surface area contributed by atoms with Gasteiger partial charge in [0.05, 0.1) is 23.1 Å². The van der Waals surface area contributed by atoms with Crippen molar-refractivity contribution < 1.29 is 21.6 Å². The van der Waals surface area contributed by atoms with Crippen LogP contribution >= 0.6 is 11.3 Å². The minimum atomic E-state index is -4.28. The van der Waals surface area contributed by atoms with Crippen LogP contribution in [0.15, 0.2) is 23.8 Å². The van der Waals surface area contributed by atoms with Crippen molar-refractivity contribution in [2.45, 2.75) is 75.9 Å². The third-order valence-corrected chi connectivity index (χ3v) is 13.1. The molecule has 0 bridgehead atoms. The summed E-state index contributed by atoms with van der Waals surface area (Å²) in [6.07, 6.45) is 1.18. The molecule has 2 unspecified atom stereocenters. The number of nitrogens with one attached hydrogen (secondary N) is 2. The molecule has 1 aliphatic carbocycles. The van der Waals surface area contributed by atoms with Gasteiger partial charge < -0.3 is 15.5 Å². The maximum atomic E-state index is 13.1. The second-order valence-corrected chi connectivity index (χ2v) is 17.4. The van der Waals surface area contributed by atoms with Crippen LogP contribution in [-0.2, 0) is 22.8 Å². The van der Waals surface area contributed by atoms with Crippen molar-refractivity contribution >= 4 is 49.2 Å². The summed E-state index contributed by atoms with van der Waals surface area (Å²) in [7, 11) is -1.32. The van der Waals surface area contributed by atoms with E-state index >= 15 is 0 Å². The molecule has 9 nitrogen and oxygen atoms in total. The SMILES string of the molecule is CNc1nc(NC2CCN(Cc3ccc4c(c3C)C=C(C#N)C4C(C)CN3CCC(S(C)(=O)=O)CC3)CC2)c2cc(CC(F)(F)F)sc2n1. The number of halogens is 3. The number of thiophene rings is 1. The summed E-state index contributed by atoms with van der Waals surface area (Å²) in [4.78, 5) is 14.5. The summed E-state index contributed by atoms with van der Waals surface area (Å²) in [5.74, 6) is 1.17. The molecule has 2 saturated heterocycles. The molecule has 2 aliphatic heterocycles. The highest BCUT2D eigenvalue weighted by Gasteiger charge is 2.35. The van der Waals surface area contributed by atoms with Gasteiger partial charge in [-0.15, -0.1) is 11.3 Å². The molecule has 0 radical (unpaired) electrons. The first kappa shape index (κ1) is 35.6. The van der Waals surface area contributed by atoms with Crippen molar-refractivity contribution in [1.29, 1.82) is 5.26 Å². The van der Waals surface area contributed by atoms with Crippen LogP contribution in [0, 0.1) is 24.2 Å². The number of anilines is 2. The number of nitriles is 1. The summed E-state index contributed by atoms with van der Waals surface area (Å²) in [6.45, 7) is 9.19. The number of hydrogen-bond acceptors (Lipinski definition) is 10. The zero-order valence-corrected chi connectivity index (χ0v) is 30.0. The smallest absolute Gasteiger partial charge is 0.367 e. The molecular weight excluding hydrogens is 672 g/mol. The Morgan fingerprint density at radius 2 is 1.80 bits per heavy atom. The maximum Gasteiger partial charge on any atom is 0.393 e. The number of sulfone groups is 1. The number of likely N-dealkylation sites (tertiary alicyclic amines) is 2. The average molecular weight is 716 g/mol. The summed E-state index contributed by atoms with van der Waals surface area (Å²) < 4.78 is 63.2. The molecule has 3 aromatic rings. The molecule has 6 rings (SSSR count). The van der Waals surface area contributed by atoms with Gasteiger partial charge in [-0.3, -0.25) is 4.90 Å². The van der Waals surface area contributed by atoms with E-state index < -0.39 is 22.4 Å². The van der Waals surface area contributed by atoms with Crippen molar-refractivity contribution in [3.8, 4) is 6.07 Å². The van der Waals surface area contributed by atoms with E-state index in [0.29, 0.717) is 34.8 Å². The quantitative estimate of drug-likeness (QED) is 0.247. The maximum absolute atomic E-state index is 13.1. The summed E-state index contributed by atoms with van der Waals surface area (Å²) in [5.41, 5.74) is 5.57. The van der Waals surface area contributed by atoms with Crippen molar-refractivity contribution in [2.24, 2.45) is 5.92 Å². The summed E-state index contributed by atoms with van der Waals surface area (Å²) in [5, 5.41) is 16.9. The minimum absolute atomic E-state index is 0.0201. The molecule has 2 fully saturated rings. The van der Waals surface area contributed by atoms with Gasteiger partial charge in [0, 0.05) is 61.9 Å². The highest BCUT2D eigenvalue weighted by Crippen LogP contribution is 2.44. The van der Waals surface area contributed by atoms with Crippen LogP contribution in [-0.4, -0.2) is 91.7 Å². The summed E-state index contributed by atoms with van der Waals surface area (Å²) >= 11 is 1.05. The predicted molar refractivity (Wildman–Crippen MR) is 190 cm³/mol. The number of fused-ring (bicyclic) bond motifs is 2. The van der Waals surface area contributed by atoms with Crippen LogP contribution in [0.5, 0.6) is 0 Å². The van der Waals surface area contributed by atoms with Crippen LogP contribution in [0.3, 0.4) is 0 Å². The van der Waals surface area contributed by atoms with Gasteiger partial charge in [0.1, 0.15) is 20.5 Å². The van der Waals surface area contributed by atoms with Gasteiger partial charge in [-0.05, 0) is 86.0 Å². The fourth-order valence-electron chi connectivity index (χ4n) is 7.74. The zero-order valence-electron chi connectivity index (χ0n) is 28.4. The van der Waals surface area contributed by atoms with E-state index in [-0.39, 0.29) is 28.0 Å². The molecule has 0 spiro atoms. The molecule has 49 heavy (non-hydrogen) atoms. The first-order chi connectivity index (χ1) is 23.2. The summed E-state index contributed by atoms with van der Waals surface area (Å²) in [6, 6.07) is 8.56. The normalized spacial score (nSPS) is 20.6. The van der Waals surface area contributed by atoms with Gasteiger partial charge in [-0.25, -0.2) is 13.4 Å². The van der Waals surface area contributed by atoms with E-state index in [9.17, 15) is 26.9 Å². The highest BCUT2D eigenvalue weighted by molar-refractivity contribution is 7.91. The molecule has 14 heteroatoms. The molecule has 0 amide bonds. The first-order valence-electron chi connectivity index (χ1n) is 16.9. The van der Waals surface area contributed by atoms with Crippen molar-refractivity contribution in [1.82, 2.24) is 19.8 Å². The van der Waals surface area contributed by atoms with Gasteiger partial charge >= 0.3 is 6.18 Å². The zero-order chi connectivity index (χ0) is 35.1. The number of alkyl halides is 3. The van der Waals surface area contributed by atoms with E-state index in [1.807, 2.05) is 0 Å². The van der Waals surface area contributed by atoms with Crippen LogP contribution in [0.2, 0.25) is 0 Å². The molecule has 264 valence electrons. The Morgan fingerprint density at radius 1 is 1.10 bits per heavy atom. The lowest BCUT2D eigenvalue weighted by Gasteiger charge is -2.34. The van der Waals surface area contributed by atoms with E-state index in [0.717, 1.165) is 74.6 Å². The molecule has 0 saturated carbocycles. The predicted octanol–water partition coefficient (Wildman–Crippen LogP) is 6.37. The van der Waals surface area contributed by atoms with Gasteiger partial charge in [0.15, 0.2) is 0 Å². The van der Waals surface area contributed by atoms with E-state index in [2.05, 4.69) is 68.5 Å². The minimum Gasteiger partial charge on any atom is -0.367 e. The van der Waals surface area contributed by atoms with E-state index in [1.54, 1.807) is 13.1 Å². The van der Waals surface area contributed by atoms with Crippen molar-refractivity contribution in [3.05, 3.63) is 50.9 Å². The van der Waals surface area contributed by atoms with Gasteiger partial charge in [0.2, 0.25) is 5.95 Å². The Bertz CT molecular complexity index is 1870. The fourth-order valence-corrected chi connectivity index (χ4v) is 9.86. The van der Waals surface area contributed by atoms with E-state index in [1.165, 1.54) is 22.9 Å². The number of aromatic nitrogens is 2. The molecule has 2 atom stereocenters. The number of piperidine rings is 2. The standard InChI is InChI=1S/C35H44F3N7O2S2/c1-21(19-44-13-9-27(10-14-44)49(4,46)47)31-24(18-39)15-29-22(2)23(5-6-28(29)31)20-45-11-7-25(8-12-45)41-32-30-16-26(17-35(36,37)38)48-33(30)43-34(40-3)42-32/h5-6,15-16,21,25,27,31H,7-14,17,19-20H2,1-4H3,(H2,40,41,42,43). The lowest BCUT2D eigenvalue weighted by molar-refractivity contribution is -0.126. The third kappa shape index (κ3) is 8.06. The number of hydrogen-bond donors (Lipinski definition) is 2. The molecule has 2 aromatic heterocycles. The van der Waals surface area contributed by atoms with Crippen LogP contribution in [0.1, 0.15) is 65.7 Å². The first-order valence-corrected chi connectivity index (χ1v) is 19.7. The van der Waals surface area contributed by atoms with Crippen LogP contribution in [0.4, 0.5) is 24.9 Å². The Hall–Kier alpha value is -3.25. The molecular formula is C35H44F3N7O2S2. The monoisotopic (exact) mass is 715 g/mol. The fraction of sp³-hybridized carbons (Fsp3) is 0.571. The van der Waals surface area contributed by atoms with E-state index in [4.69, 9.17) is 0 Å². The lowest BCUT2D eigenvalue weighted by Crippen LogP contribution is -2.41. The van der Waals surface area contributed by atoms with Gasteiger partial charge in [-0.2, -0.15) is 23.4 Å². The second kappa shape index (κ2) is 14.2. The van der Waals surface area contributed by atoms with Gasteiger partial charge in [0.25, 0.3) is 0 Å². The molecule has 1 aromatic carbocycles. The van der Waals surface area contributed by atoms with Gasteiger partial charge in [-0.1, -0.05) is 19.1 Å². The molecule has 2 N–H and O–H groups in total. The highest BCUT2D eigenvalue weighted by atomic mass is 32.2. The number of allylic oxidation sites excluding steroid dienone is 1. The largest absolute Gasteiger partial charge is 0.393 e. The Morgan fingerprint density at radius 3 is 2.43 bits per heavy atom. The Labute approximate surface area is 290 Å². The van der Waals surface area contributed by atoms with Crippen LogP contribution in [0.25, 0.3) is 16.3 Å². The number of rotatable bonds is 10. The van der Waals surface area contributed by atoms with Crippen LogP contribution < -0.4 is 10.6 Å². The van der Waals surface area contributed by atoms with Crippen molar-refractivity contribution in [3.63, 3.8) is 0 Å². The van der Waals surface area contributed by atoms with Crippen molar-refractivity contribution in [2.75, 3.05) is 56.7 Å². The average Bonchev–Trinajstić information content (AvgIpc) is 3.63. The number of benzene rings is 1.